The largest absolute Gasteiger partial charge is 0.459 e. The normalized spacial score (nSPS) is 50.6. The van der Waals surface area contributed by atoms with Gasteiger partial charge in [0, 0.05) is 0 Å². The van der Waals surface area contributed by atoms with Gasteiger partial charge in [0.1, 0.15) is 5.60 Å². The van der Waals surface area contributed by atoms with Crippen LogP contribution in [-0.4, -0.2) is 22.3 Å². The average molecular weight is 417 g/mol. The SMILES string of the molecule is CCC1CC(CC)C2C3CC(CC3C(C)(O)CC(=O)OC3(CC)CC4CCC3C4)C12. The second-order valence-electron chi connectivity index (χ2n) is 12.2. The van der Waals surface area contributed by atoms with Gasteiger partial charge in [-0.25, -0.2) is 0 Å². The van der Waals surface area contributed by atoms with E-state index in [2.05, 4.69) is 20.8 Å². The van der Waals surface area contributed by atoms with E-state index >= 15 is 0 Å². The monoisotopic (exact) mass is 416 g/mol. The molecule has 0 aromatic carbocycles. The predicted molar refractivity (Wildman–Crippen MR) is 119 cm³/mol. The Bertz CT molecular complexity index is 671. The Balaban J connectivity index is 1.27. The van der Waals surface area contributed by atoms with Crippen LogP contribution in [0.5, 0.6) is 0 Å². The lowest BCUT2D eigenvalue weighted by atomic mass is 9.65. The van der Waals surface area contributed by atoms with Crippen molar-refractivity contribution in [3.63, 3.8) is 0 Å². The number of aliphatic hydroxyl groups is 1. The summed E-state index contributed by atoms with van der Waals surface area (Å²) in [6, 6.07) is 0. The first-order chi connectivity index (χ1) is 14.3. The highest BCUT2D eigenvalue weighted by Gasteiger charge is 2.62. The number of hydrogen-bond acceptors (Lipinski definition) is 3. The van der Waals surface area contributed by atoms with E-state index in [-0.39, 0.29) is 23.9 Å². The fourth-order valence-corrected chi connectivity index (χ4v) is 9.82. The molecule has 11 unspecified atom stereocenters. The Morgan fingerprint density at radius 2 is 1.77 bits per heavy atom. The van der Waals surface area contributed by atoms with Crippen LogP contribution in [-0.2, 0) is 9.53 Å². The molecule has 5 rings (SSSR count). The van der Waals surface area contributed by atoms with E-state index in [0.29, 0.717) is 11.8 Å². The van der Waals surface area contributed by atoms with Gasteiger partial charge in [-0.3, -0.25) is 4.79 Å². The predicted octanol–water partition coefficient (Wildman–Crippen LogP) is 5.98. The van der Waals surface area contributed by atoms with Crippen molar-refractivity contribution >= 4 is 5.97 Å². The molecule has 0 heterocycles. The van der Waals surface area contributed by atoms with Crippen molar-refractivity contribution in [3.8, 4) is 0 Å². The first kappa shape index (κ1) is 21.3. The first-order valence-corrected chi connectivity index (χ1v) is 13.3. The maximum Gasteiger partial charge on any atom is 0.309 e. The summed E-state index contributed by atoms with van der Waals surface area (Å²) in [5, 5.41) is 11.6. The molecule has 3 heteroatoms. The topological polar surface area (TPSA) is 46.5 Å². The summed E-state index contributed by atoms with van der Waals surface area (Å²) in [6.07, 6.45) is 12.3. The van der Waals surface area contributed by atoms with Crippen molar-refractivity contribution in [3.05, 3.63) is 0 Å². The molecule has 0 spiro atoms. The number of carbonyl (C=O) groups excluding carboxylic acids is 1. The molecule has 0 aromatic rings. The van der Waals surface area contributed by atoms with Gasteiger partial charge in [-0.15, -0.1) is 0 Å². The summed E-state index contributed by atoms with van der Waals surface area (Å²) in [5.41, 5.74) is -1.15. The average Bonchev–Trinajstić information content (AvgIpc) is 3.50. The number of rotatable bonds is 7. The van der Waals surface area contributed by atoms with Gasteiger partial charge in [0.25, 0.3) is 0 Å². The van der Waals surface area contributed by atoms with Crippen LogP contribution in [0.2, 0.25) is 0 Å². The molecule has 0 aliphatic heterocycles. The summed E-state index contributed by atoms with van der Waals surface area (Å²) in [7, 11) is 0. The zero-order chi connectivity index (χ0) is 21.3. The second-order valence-corrected chi connectivity index (χ2v) is 12.2. The summed E-state index contributed by atoms with van der Waals surface area (Å²) >= 11 is 0. The van der Waals surface area contributed by atoms with Crippen LogP contribution >= 0.6 is 0 Å². The van der Waals surface area contributed by atoms with Crippen molar-refractivity contribution < 1.29 is 14.6 Å². The smallest absolute Gasteiger partial charge is 0.309 e. The molecule has 5 aliphatic carbocycles. The molecule has 3 nitrogen and oxygen atoms in total. The second kappa shape index (κ2) is 7.49. The van der Waals surface area contributed by atoms with Crippen LogP contribution in [0.25, 0.3) is 0 Å². The minimum Gasteiger partial charge on any atom is -0.459 e. The van der Waals surface area contributed by atoms with Crippen LogP contribution in [0.1, 0.15) is 98.3 Å². The molecule has 5 saturated carbocycles. The minimum absolute atomic E-state index is 0.140. The van der Waals surface area contributed by atoms with Gasteiger partial charge >= 0.3 is 5.97 Å². The van der Waals surface area contributed by atoms with E-state index in [9.17, 15) is 9.90 Å². The fraction of sp³-hybridized carbons (Fsp3) is 0.963. The Kier molecular flexibility index (Phi) is 5.32. The zero-order valence-electron chi connectivity index (χ0n) is 19.7. The van der Waals surface area contributed by atoms with Crippen molar-refractivity contribution in [2.24, 2.45) is 53.3 Å². The fourth-order valence-electron chi connectivity index (χ4n) is 9.82. The summed E-state index contributed by atoms with van der Waals surface area (Å²) in [5.74, 6) is 6.25. The third-order valence-electron chi connectivity index (χ3n) is 11.0. The molecule has 5 fully saturated rings. The van der Waals surface area contributed by atoms with Gasteiger partial charge in [-0.05, 0) is 112 Å². The van der Waals surface area contributed by atoms with Crippen LogP contribution in [0.3, 0.4) is 0 Å². The number of esters is 1. The maximum absolute atomic E-state index is 13.1. The van der Waals surface area contributed by atoms with Crippen molar-refractivity contribution in [2.75, 3.05) is 0 Å². The van der Waals surface area contributed by atoms with Crippen LogP contribution in [0.15, 0.2) is 0 Å². The lowest BCUT2D eigenvalue weighted by Gasteiger charge is -2.43. The Hall–Kier alpha value is -0.570. The van der Waals surface area contributed by atoms with Crippen molar-refractivity contribution in [1.82, 2.24) is 0 Å². The molecule has 0 aromatic heterocycles. The Labute approximate surface area is 183 Å². The van der Waals surface area contributed by atoms with Gasteiger partial charge in [-0.1, -0.05) is 33.6 Å². The highest BCUT2D eigenvalue weighted by Crippen LogP contribution is 2.67. The van der Waals surface area contributed by atoms with Gasteiger partial charge in [0.05, 0.1) is 12.0 Å². The summed E-state index contributed by atoms with van der Waals surface area (Å²) in [6.45, 7) is 8.85. The molecule has 30 heavy (non-hydrogen) atoms. The van der Waals surface area contributed by atoms with Gasteiger partial charge in [0.15, 0.2) is 0 Å². The number of hydrogen-bond donors (Lipinski definition) is 1. The van der Waals surface area contributed by atoms with Gasteiger partial charge in [0.2, 0.25) is 0 Å². The molecule has 0 amide bonds. The third-order valence-corrected chi connectivity index (χ3v) is 11.0. The maximum atomic E-state index is 13.1. The molecule has 1 N–H and O–H groups in total. The summed E-state index contributed by atoms with van der Waals surface area (Å²) < 4.78 is 6.22. The van der Waals surface area contributed by atoms with E-state index in [0.717, 1.165) is 54.8 Å². The molecule has 0 saturated heterocycles. The minimum atomic E-state index is -0.920. The molecule has 5 aliphatic rings. The van der Waals surface area contributed by atoms with Crippen LogP contribution in [0.4, 0.5) is 0 Å². The molecule has 11 atom stereocenters. The number of fused-ring (bicyclic) bond motifs is 7. The quantitative estimate of drug-likeness (QED) is 0.519. The molecule has 4 bridgehead atoms. The van der Waals surface area contributed by atoms with Crippen molar-refractivity contribution in [1.29, 1.82) is 0 Å². The van der Waals surface area contributed by atoms with E-state index in [4.69, 9.17) is 4.74 Å². The van der Waals surface area contributed by atoms with Crippen LogP contribution < -0.4 is 0 Å². The van der Waals surface area contributed by atoms with E-state index < -0.39 is 5.60 Å². The molecular formula is C27H44O3. The Morgan fingerprint density at radius 3 is 2.37 bits per heavy atom. The Morgan fingerprint density at radius 1 is 1.03 bits per heavy atom. The van der Waals surface area contributed by atoms with E-state index in [1.54, 1.807) is 0 Å². The van der Waals surface area contributed by atoms with E-state index in [1.165, 1.54) is 44.9 Å². The van der Waals surface area contributed by atoms with Gasteiger partial charge < -0.3 is 9.84 Å². The molecule has 0 radical (unpaired) electrons. The summed E-state index contributed by atoms with van der Waals surface area (Å²) in [4.78, 5) is 13.1. The standard InChI is InChI=1S/C27H44O3/c1-5-17-11-18(6-2)25-21-12-19(24(17)25)13-22(21)26(4,29)15-23(28)30-27(7-3)14-16-8-9-20(27)10-16/h16-22,24-25,29H,5-15H2,1-4H3. The van der Waals surface area contributed by atoms with Crippen LogP contribution in [0, 0.1) is 53.3 Å². The molecule has 170 valence electrons. The lowest BCUT2D eigenvalue weighted by Crippen LogP contribution is -2.46. The van der Waals surface area contributed by atoms with Gasteiger partial charge in [-0.2, -0.15) is 0 Å². The first-order valence-electron chi connectivity index (χ1n) is 13.3. The van der Waals surface area contributed by atoms with Crippen molar-refractivity contribution in [2.45, 2.75) is 110 Å². The van der Waals surface area contributed by atoms with E-state index in [1.807, 2.05) is 6.92 Å². The number of carbonyl (C=O) groups is 1. The number of ether oxygens (including phenoxy) is 1. The lowest BCUT2D eigenvalue weighted by molar-refractivity contribution is -0.174. The molecular weight excluding hydrogens is 372 g/mol. The highest BCUT2D eigenvalue weighted by atomic mass is 16.6. The highest BCUT2D eigenvalue weighted by molar-refractivity contribution is 5.71. The third kappa shape index (κ3) is 3.11. The zero-order valence-corrected chi connectivity index (χ0v) is 19.7.